The van der Waals surface area contributed by atoms with Gasteiger partial charge in [-0.1, -0.05) is 6.07 Å². The number of hydrogen-bond donors (Lipinski definition) is 0. The van der Waals surface area contributed by atoms with Crippen LogP contribution in [0, 0.1) is 0 Å². The number of carbonyl (C=O) groups is 1. The van der Waals surface area contributed by atoms with Crippen molar-refractivity contribution in [3.8, 4) is 11.4 Å². The second kappa shape index (κ2) is 7.86. The van der Waals surface area contributed by atoms with E-state index in [-0.39, 0.29) is 5.91 Å². The largest absolute Gasteiger partial charge is 0.353 e. The van der Waals surface area contributed by atoms with Crippen LogP contribution < -0.4 is 4.90 Å². The van der Waals surface area contributed by atoms with Crippen LogP contribution in [0.2, 0.25) is 0 Å². The van der Waals surface area contributed by atoms with Crippen LogP contribution in [0.3, 0.4) is 0 Å². The van der Waals surface area contributed by atoms with Crippen molar-refractivity contribution in [3.63, 3.8) is 0 Å². The predicted molar refractivity (Wildman–Crippen MR) is 111 cm³/mol. The van der Waals surface area contributed by atoms with Crippen molar-refractivity contribution < 1.29 is 4.79 Å². The number of carbonyl (C=O) groups excluding carboxylic acids is 1. The summed E-state index contributed by atoms with van der Waals surface area (Å²) >= 11 is 0. The molecular formula is C21H20N8O. The van der Waals surface area contributed by atoms with Crippen LogP contribution in [-0.4, -0.2) is 66.8 Å². The monoisotopic (exact) mass is 400 g/mol. The molecule has 0 N–H and O–H groups in total. The van der Waals surface area contributed by atoms with E-state index in [4.69, 9.17) is 5.10 Å². The van der Waals surface area contributed by atoms with Crippen LogP contribution in [0.4, 0.5) is 5.82 Å². The number of amides is 1. The van der Waals surface area contributed by atoms with Gasteiger partial charge in [0.2, 0.25) is 0 Å². The van der Waals surface area contributed by atoms with Gasteiger partial charge in [-0.3, -0.25) is 14.8 Å². The normalized spacial score (nSPS) is 14.7. The molecule has 4 aromatic rings. The second-order valence-corrected chi connectivity index (χ2v) is 7.07. The molecule has 0 spiro atoms. The molecule has 0 saturated carbocycles. The molecule has 0 atom stereocenters. The number of pyridine rings is 2. The van der Waals surface area contributed by atoms with E-state index in [0.717, 1.165) is 24.3 Å². The molecule has 9 heteroatoms. The number of anilines is 1. The quantitative estimate of drug-likeness (QED) is 0.519. The Morgan fingerprint density at radius 2 is 1.77 bits per heavy atom. The third-order valence-electron chi connectivity index (χ3n) is 5.18. The fraction of sp³-hybridized carbons (Fsp3) is 0.238. The van der Waals surface area contributed by atoms with Gasteiger partial charge in [-0.15, -0.1) is 15.3 Å². The van der Waals surface area contributed by atoms with E-state index in [1.165, 1.54) is 0 Å². The van der Waals surface area contributed by atoms with Gasteiger partial charge in [0, 0.05) is 50.3 Å². The average molecular weight is 400 g/mol. The Hall–Kier alpha value is -3.88. The van der Waals surface area contributed by atoms with Gasteiger partial charge in [0.1, 0.15) is 11.5 Å². The number of hydrogen-bond acceptors (Lipinski definition) is 7. The van der Waals surface area contributed by atoms with Gasteiger partial charge >= 0.3 is 0 Å². The Morgan fingerprint density at radius 3 is 2.60 bits per heavy atom. The Morgan fingerprint density at radius 1 is 0.867 bits per heavy atom. The Kier molecular flexibility index (Phi) is 4.76. The molecular weight excluding hydrogens is 380 g/mol. The third kappa shape index (κ3) is 3.45. The van der Waals surface area contributed by atoms with E-state index in [0.29, 0.717) is 36.8 Å². The van der Waals surface area contributed by atoms with E-state index in [1.54, 1.807) is 29.2 Å². The van der Waals surface area contributed by atoms with E-state index in [1.807, 2.05) is 41.3 Å². The van der Waals surface area contributed by atoms with E-state index >= 15 is 0 Å². The van der Waals surface area contributed by atoms with Crippen molar-refractivity contribution >= 4 is 17.4 Å². The summed E-state index contributed by atoms with van der Waals surface area (Å²) in [6.45, 7) is 2.83. The summed E-state index contributed by atoms with van der Waals surface area (Å²) in [6, 6.07) is 13.1. The highest BCUT2D eigenvalue weighted by Gasteiger charge is 2.22. The van der Waals surface area contributed by atoms with Gasteiger partial charge in [-0.05, 0) is 42.8 Å². The minimum atomic E-state index is -0.0281. The molecule has 0 aliphatic carbocycles. The van der Waals surface area contributed by atoms with Crippen LogP contribution in [0.15, 0.2) is 61.1 Å². The second-order valence-electron chi connectivity index (χ2n) is 7.07. The number of nitrogens with zero attached hydrogens (tertiary/aromatic N) is 8. The zero-order chi connectivity index (χ0) is 20.3. The fourth-order valence-electron chi connectivity index (χ4n) is 3.63. The Labute approximate surface area is 173 Å². The van der Waals surface area contributed by atoms with Crippen LogP contribution in [0.25, 0.3) is 17.0 Å². The van der Waals surface area contributed by atoms with Crippen molar-refractivity contribution in [2.45, 2.75) is 6.42 Å². The zero-order valence-electron chi connectivity index (χ0n) is 16.3. The molecule has 1 amide bonds. The topological polar surface area (TPSA) is 92.4 Å². The third-order valence-corrected chi connectivity index (χ3v) is 5.18. The smallest absolute Gasteiger partial charge is 0.272 e. The molecule has 0 radical (unpaired) electrons. The molecule has 0 unspecified atom stereocenters. The molecule has 1 saturated heterocycles. The van der Waals surface area contributed by atoms with E-state index in [2.05, 4.69) is 25.1 Å². The molecule has 1 fully saturated rings. The first kappa shape index (κ1) is 18.2. The summed E-state index contributed by atoms with van der Waals surface area (Å²) in [7, 11) is 0. The lowest BCUT2D eigenvalue weighted by Gasteiger charge is -2.22. The van der Waals surface area contributed by atoms with E-state index in [9.17, 15) is 4.79 Å². The van der Waals surface area contributed by atoms with Gasteiger partial charge in [0.25, 0.3) is 5.91 Å². The molecule has 30 heavy (non-hydrogen) atoms. The summed E-state index contributed by atoms with van der Waals surface area (Å²) in [5.74, 6) is 1.49. The molecule has 150 valence electrons. The first-order valence-electron chi connectivity index (χ1n) is 9.88. The maximum atomic E-state index is 12.7. The van der Waals surface area contributed by atoms with Crippen LogP contribution in [0.1, 0.15) is 16.9 Å². The number of fused-ring (bicyclic) bond motifs is 1. The zero-order valence-corrected chi connectivity index (χ0v) is 16.3. The highest BCUT2D eigenvalue weighted by atomic mass is 16.2. The summed E-state index contributed by atoms with van der Waals surface area (Å²) < 4.78 is 1.76. The number of rotatable bonds is 3. The number of aromatic nitrogens is 6. The Balaban J connectivity index is 1.38. The first-order chi connectivity index (χ1) is 14.8. The van der Waals surface area contributed by atoms with Gasteiger partial charge < -0.3 is 9.80 Å². The molecule has 9 nitrogen and oxygen atoms in total. The van der Waals surface area contributed by atoms with Crippen molar-refractivity contribution in [3.05, 3.63) is 66.7 Å². The van der Waals surface area contributed by atoms with Crippen LogP contribution >= 0.6 is 0 Å². The average Bonchev–Trinajstić information content (AvgIpc) is 3.08. The minimum absolute atomic E-state index is 0.0281. The molecule has 4 aromatic heterocycles. The van der Waals surface area contributed by atoms with Crippen LogP contribution in [-0.2, 0) is 0 Å². The fourth-order valence-corrected chi connectivity index (χ4v) is 3.63. The summed E-state index contributed by atoms with van der Waals surface area (Å²) in [6.07, 6.45) is 5.96. The van der Waals surface area contributed by atoms with E-state index < -0.39 is 0 Å². The molecule has 1 aliphatic heterocycles. The lowest BCUT2D eigenvalue weighted by atomic mass is 10.2. The maximum absolute atomic E-state index is 12.7. The predicted octanol–water partition coefficient (Wildman–Crippen LogP) is 1.93. The molecule has 5 rings (SSSR count). The summed E-state index contributed by atoms with van der Waals surface area (Å²) in [5.41, 5.74) is 2.08. The standard InChI is InChI=1S/C21H20N8O/c30-21(17-4-1-2-9-23-17)28-13-3-12-27(14-15-28)19-6-5-18-24-25-20(29(18)26-19)16-7-10-22-11-8-16/h1-2,4-11H,3,12-15H2. The maximum Gasteiger partial charge on any atom is 0.272 e. The van der Waals surface area contributed by atoms with Crippen molar-refractivity contribution in [2.24, 2.45) is 0 Å². The van der Waals surface area contributed by atoms with Gasteiger partial charge in [0.05, 0.1) is 0 Å². The molecule has 0 bridgehead atoms. The van der Waals surface area contributed by atoms with Crippen molar-refractivity contribution in [2.75, 3.05) is 31.1 Å². The summed E-state index contributed by atoms with van der Waals surface area (Å²) in [5, 5.41) is 13.3. The Bertz CT molecular complexity index is 1160. The lowest BCUT2D eigenvalue weighted by molar-refractivity contribution is 0.0761. The molecule has 5 heterocycles. The van der Waals surface area contributed by atoms with Gasteiger partial charge in [-0.25, -0.2) is 0 Å². The SMILES string of the molecule is O=C(c1ccccn1)N1CCCN(c2ccc3nnc(-c4ccncc4)n3n2)CC1. The molecule has 0 aromatic carbocycles. The summed E-state index contributed by atoms with van der Waals surface area (Å²) in [4.78, 5) is 25.0. The van der Waals surface area contributed by atoms with Crippen LogP contribution in [0.5, 0.6) is 0 Å². The lowest BCUT2D eigenvalue weighted by Crippen LogP contribution is -2.35. The highest BCUT2D eigenvalue weighted by molar-refractivity contribution is 5.92. The first-order valence-corrected chi connectivity index (χ1v) is 9.88. The minimum Gasteiger partial charge on any atom is -0.353 e. The van der Waals surface area contributed by atoms with Crippen molar-refractivity contribution in [1.29, 1.82) is 0 Å². The molecule has 1 aliphatic rings. The highest BCUT2D eigenvalue weighted by Crippen LogP contribution is 2.20. The van der Waals surface area contributed by atoms with Crippen molar-refractivity contribution in [1.82, 2.24) is 34.7 Å². The van der Waals surface area contributed by atoms with Gasteiger partial charge in [0.15, 0.2) is 11.5 Å². The van der Waals surface area contributed by atoms with Gasteiger partial charge in [-0.2, -0.15) is 4.52 Å².